The molecule has 1 aliphatic carbocycles. The highest BCUT2D eigenvalue weighted by Crippen LogP contribution is 2.35. The predicted molar refractivity (Wildman–Crippen MR) is 106 cm³/mol. The van der Waals surface area contributed by atoms with Crippen LogP contribution in [-0.4, -0.2) is 46.9 Å². The minimum absolute atomic E-state index is 0.0201. The van der Waals surface area contributed by atoms with Gasteiger partial charge in [-0.25, -0.2) is 4.79 Å². The molecule has 2 fully saturated rings. The summed E-state index contributed by atoms with van der Waals surface area (Å²) >= 11 is 0. The monoisotopic (exact) mass is 401 g/mol. The van der Waals surface area contributed by atoms with Gasteiger partial charge in [-0.3, -0.25) is 19.3 Å². The minimum atomic E-state index is -0.942. The predicted octanol–water partition coefficient (Wildman–Crippen LogP) is 2.51. The van der Waals surface area contributed by atoms with Crippen LogP contribution in [0.25, 0.3) is 0 Å². The highest BCUT2D eigenvalue weighted by molar-refractivity contribution is 6.07. The van der Waals surface area contributed by atoms with Gasteiger partial charge in [-0.05, 0) is 45.2 Å². The number of amides is 4. The molecule has 29 heavy (non-hydrogen) atoms. The Bertz CT molecular complexity index is 799. The number of hydrogen-bond donors (Lipinski definition) is 2. The van der Waals surface area contributed by atoms with Gasteiger partial charge in [-0.1, -0.05) is 30.5 Å². The standard InChI is InChI=1S/C21H27N3O5/c1-14-7-9-16(10-8-14)22-18(26)15(2)29-17(25)6-5-13-24-19(27)21(23-20(24)28)11-3-4-12-21/h7-10,15H,3-6,11-13H2,1-2H3,(H,22,26)(H,23,28)/t15-/m1/s1. The van der Waals surface area contributed by atoms with Crippen LogP contribution in [0.5, 0.6) is 0 Å². The molecular weight excluding hydrogens is 374 g/mol. The topological polar surface area (TPSA) is 105 Å². The molecule has 0 bridgehead atoms. The van der Waals surface area contributed by atoms with E-state index in [-0.39, 0.29) is 18.9 Å². The van der Waals surface area contributed by atoms with Gasteiger partial charge in [-0.2, -0.15) is 0 Å². The maximum Gasteiger partial charge on any atom is 0.325 e. The maximum absolute atomic E-state index is 12.6. The average Bonchev–Trinajstić information content (AvgIpc) is 3.24. The van der Waals surface area contributed by atoms with E-state index in [4.69, 9.17) is 4.74 Å². The summed E-state index contributed by atoms with van der Waals surface area (Å²) < 4.78 is 5.16. The molecule has 3 rings (SSSR count). The van der Waals surface area contributed by atoms with E-state index in [1.54, 1.807) is 12.1 Å². The minimum Gasteiger partial charge on any atom is -0.453 e. The molecule has 1 atom stereocenters. The van der Waals surface area contributed by atoms with Crippen LogP contribution in [0.15, 0.2) is 24.3 Å². The Labute approximate surface area is 170 Å². The molecule has 0 radical (unpaired) electrons. The molecule has 1 heterocycles. The summed E-state index contributed by atoms with van der Waals surface area (Å²) in [5.41, 5.74) is 0.967. The number of esters is 1. The molecule has 0 aromatic heterocycles. The zero-order valence-electron chi connectivity index (χ0n) is 16.8. The van der Waals surface area contributed by atoms with Crippen LogP contribution in [0.1, 0.15) is 51.0 Å². The van der Waals surface area contributed by atoms with E-state index < -0.39 is 29.6 Å². The average molecular weight is 401 g/mol. The second-order valence-electron chi connectivity index (χ2n) is 7.77. The van der Waals surface area contributed by atoms with Crippen molar-refractivity contribution in [3.05, 3.63) is 29.8 Å². The van der Waals surface area contributed by atoms with Crippen LogP contribution in [0.4, 0.5) is 10.5 Å². The Kier molecular flexibility index (Phi) is 6.20. The van der Waals surface area contributed by atoms with E-state index in [1.807, 2.05) is 19.1 Å². The summed E-state index contributed by atoms with van der Waals surface area (Å²) in [7, 11) is 0. The smallest absolute Gasteiger partial charge is 0.325 e. The Morgan fingerprint density at radius 3 is 2.52 bits per heavy atom. The lowest BCUT2D eigenvalue weighted by Crippen LogP contribution is -2.44. The highest BCUT2D eigenvalue weighted by Gasteiger charge is 2.52. The number of hydrogen-bond acceptors (Lipinski definition) is 5. The van der Waals surface area contributed by atoms with E-state index in [0.29, 0.717) is 24.9 Å². The van der Waals surface area contributed by atoms with E-state index >= 15 is 0 Å². The van der Waals surface area contributed by atoms with Crippen LogP contribution in [0.2, 0.25) is 0 Å². The fraction of sp³-hybridized carbons (Fsp3) is 0.524. The quantitative estimate of drug-likeness (QED) is 0.540. The van der Waals surface area contributed by atoms with Crippen molar-refractivity contribution in [2.45, 2.75) is 64.0 Å². The van der Waals surface area contributed by atoms with Crippen molar-refractivity contribution in [1.29, 1.82) is 0 Å². The number of urea groups is 1. The molecule has 2 aliphatic rings. The van der Waals surface area contributed by atoms with Crippen molar-refractivity contribution in [3.63, 3.8) is 0 Å². The summed E-state index contributed by atoms with van der Waals surface area (Å²) in [5.74, 6) is -1.15. The second-order valence-corrected chi connectivity index (χ2v) is 7.77. The van der Waals surface area contributed by atoms with E-state index in [9.17, 15) is 19.2 Å². The molecule has 1 spiro atoms. The molecule has 1 saturated heterocycles. The van der Waals surface area contributed by atoms with Crippen LogP contribution in [0, 0.1) is 6.92 Å². The molecule has 1 aromatic rings. The number of aryl methyl sites for hydroxylation is 1. The number of nitrogens with zero attached hydrogens (tertiary/aromatic N) is 1. The lowest BCUT2D eigenvalue weighted by Gasteiger charge is -2.20. The summed E-state index contributed by atoms with van der Waals surface area (Å²) in [6, 6.07) is 6.90. The third-order valence-corrected chi connectivity index (χ3v) is 5.46. The van der Waals surface area contributed by atoms with Gasteiger partial charge < -0.3 is 15.4 Å². The number of nitrogens with one attached hydrogen (secondary N) is 2. The Hall–Kier alpha value is -2.90. The van der Waals surface area contributed by atoms with Crippen molar-refractivity contribution in [3.8, 4) is 0 Å². The Morgan fingerprint density at radius 1 is 1.21 bits per heavy atom. The van der Waals surface area contributed by atoms with E-state index in [1.165, 1.54) is 11.8 Å². The summed E-state index contributed by atoms with van der Waals surface area (Å²) in [4.78, 5) is 50.0. The summed E-state index contributed by atoms with van der Waals surface area (Å²) in [6.07, 6.45) is 2.56. The van der Waals surface area contributed by atoms with Gasteiger partial charge in [0.1, 0.15) is 5.54 Å². The van der Waals surface area contributed by atoms with Crippen molar-refractivity contribution >= 4 is 29.5 Å². The maximum atomic E-state index is 12.6. The second kappa shape index (κ2) is 8.63. The highest BCUT2D eigenvalue weighted by atomic mass is 16.5. The fourth-order valence-electron chi connectivity index (χ4n) is 3.77. The number of imide groups is 1. The van der Waals surface area contributed by atoms with Gasteiger partial charge in [0.15, 0.2) is 6.10 Å². The fourth-order valence-corrected chi connectivity index (χ4v) is 3.77. The molecule has 1 aromatic carbocycles. The summed E-state index contributed by atoms with van der Waals surface area (Å²) in [5, 5.41) is 5.50. The van der Waals surface area contributed by atoms with E-state index in [2.05, 4.69) is 10.6 Å². The van der Waals surface area contributed by atoms with Crippen LogP contribution < -0.4 is 10.6 Å². The molecule has 8 nitrogen and oxygen atoms in total. The Morgan fingerprint density at radius 2 is 1.86 bits per heavy atom. The third-order valence-electron chi connectivity index (χ3n) is 5.46. The first kappa shape index (κ1) is 20.8. The van der Waals surface area contributed by atoms with Gasteiger partial charge in [0.05, 0.1) is 0 Å². The van der Waals surface area contributed by atoms with Crippen LogP contribution in [0.3, 0.4) is 0 Å². The van der Waals surface area contributed by atoms with Gasteiger partial charge in [0.25, 0.3) is 11.8 Å². The normalized spacial score (nSPS) is 18.6. The van der Waals surface area contributed by atoms with Gasteiger partial charge >= 0.3 is 12.0 Å². The van der Waals surface area contributed by atoms with Crippen LogP contribution in [-0.2, 0) is 19.1 Å². The largest absolute Gasteiger partial charge is 0.453 e. The number of anilines is 1. The number of ether oxygens (including phenoxy) is 1. The molecular formula is C21H27N3O5. The van der Waals surface area contributed by atoms with Gasteiger partial charge in [-0.15, -0.1) is 0 Å². The van der Waals surface area contributed by atoms with Crippen molar-refractivity contribution < 1.29 is 23.9 Å². The Balaban J connectivity index is 1.41. The number of benzene rings is 1. The molecule has 0 unspecified atom stereocenters. The van der Waals surface area contributed by atoms with Gasteiger partial charge in [0, 0.05) is 18.7 Å². The lowest BCUT2D eigenvalue weighted by atomic mass is 9.98. The van der Waals surface area contributed by atoms with Crippen molar-refractivity contribution in [2.75, 3.05) is 11.9 Å². The first-order valence-corrected chi connectivity index (χ1v) is 10.0. The van der Waals surface area contributed by atoms with Crippen LogP contribution >= 0.6 is 0 Å². The number of rotatable bonds is 7. The molecule has 156 valence electrons. The number of carbonyl (C=O) groups excluding carboxylic acids is 4. The van der Waals surface area contributed by atoms with Crippen molar-refractivity contribution in [1.82, 2.24) is 10.2 Å². The molecule has 8 heteroatoms. The summed E-state index contributed by atoms with van der Waals surface area (Å²) in [6.45, 7) is 3.61. The van der Waals surface area contributed by atoms with Crippen molar-refractivity contribution in [2.24, 2.45) is 0 Å². The number of carbonyl (C=O) groups is 4. The first-order valence-electron chi connectivity index (χ1n) is 10.0. The van der Waals surface area contributed by atoms with E-state index in [0.717, 1.165) is 18.4 Å². The first-order chi connectivity index (χ1) is 13.8. The molecule has 4 amide bonds. The molecule has 1 saturated carbocycles. The zero-order chi connectivity index (χ0) is 21.0. The van der Waals surface area contributed by atoms with Gasteiger partial charge in [0.2, 0.25) is 0 Å². The molecule has 1 aliphatic heterocycles. The lowest BCUT2D eigenvalue weighted by molar-refractivity contribution is -0.153. The zero-order valence-corrected chi connectivity index (χ0v) is 16.8. The third kappa shape index (κ3) is 4.75. The molecule has 2 N–H and O–H groups in total. The SMILES string of the molecule is Cc1ccc(NC(=O)[C@@H](C)OC(=O)CCCN2C(=O)NC3(CCCC3)C2=O)cc1.